The van der Waals surface area contributed by atoms with Crippen LogP contribution in [0.4, 0.5) is 0 Å². The third-order valence-electron chi connectivity index (χ3n) is 23.2. The first-order chi connectivity index (χ1) is 39.8. The maximum absolute atomic E-state index is 15.7. The quantitative estimate of drug-likeness (QED) is 0.0513. The van der Waals surface area contributed by atoms with Crippen LogP contribution >= 0.6 is 0 Å². The van der Waals surface area contributed by atoms with E-state index in [2.05, 4.69) is 40.7 Å². The Bertz CT molecular complexity index is 2370. The van der Waals surface area contributed by atoms with Gasteiger partial charge in [-0.25, -0.2) is 0 Å². The van der Waals surface area contributed by atoms with E-state index in [9.17, 15) is 76.6 Å². The number of hydrogen-bond donors (Lipinski definition) is 15. The molecule has 0 unspecified atom stereocenters. The van der Waals surface area contributed by atoms with Gasteiger partial charge in [0, 0.05) is 5.41 Å². The first-order valence-corrected chi connectivity index (χ1v) is 30.6. The van der Waals surface area contributed by atoms with Crippen LogP contribution in [0.25, 0.3) is 0 Å². The highest BCUT2D eigenvalue weighted by molar-refractivity contribution is 5.79. The maximum Gasteiger partial charge on any atom is 0.315 e. The highest BCUT2D eigenvalue weighted by atomic mass is 16.8. The Morgan fingerprint density at radius 1 is 0.565 bits per heavy atom. The standard InChI is InChI=1S/C59H96O26/c1-24-34(63)39(68)44(73)49(78-24)83-46-36(65)28(62)21-76-51(46)82-33-12-13-55(5)31(56(33,6)23-61)11-14-58(8)32(55)10-9-26-27-19-54(3,4)15-17-59(27,18-16-57(26,58)7)53(75)85-52-47(84-50-45(74)40(69)35(64)25(2)79-50)42(71)38(67)30(81-52)22-77-48-43(72)41(70)37(66)29(20-60)80-48/h9,24-25,27-52,60-74H,10-23H2,1-8H3/t24-,25-,27-,28-,29-,30+,31+,32+,33-,34-,35-,36-,37-,38+,39+,40+,41+,42-,43-,44+,45+,46+,47+,48-,49-,50-,51-,52-,55-,56-,57+,58+,59-/m0/s1. The Hall–Kier alpha value is -1.75. The molecule has 10 aliphatic rings. The van der Waals surface area contributed by atoms with Gasteiger partial charge >= 0.3 is 5.97 Å². The van der Waals surface area contributed by atoms with Gasteiger partial charge in [0.15, 0.2) is 31.3 Å². The summed E-state index contributed by atoms with van der Waals surface area (Å²) < 4.78 is 60.4. The molecule has 26 heteroatoms. The van der Waals surface area contributed by atoms with E-state index in [1.165, 1.54) is 13.8 Å². The molecule has 0 bridgehead atoms. The number of aliphatic hydroxyl groups is 15. The van der Waals surface area contributed by atoms with Crippen LogP contribution in [0.2, 0.25) is 0 Å². The van der Waals surface area contributed by atoms with Gasteiger partial charge in [-0.2, -0.15) is 0 Å². The molecular formula is C59H96O26. The van der Waals surface area contributed by atoms with Crippen LogP contribution in [0.3, 0.4) is 0 Å². The SMILES string of the molecule is C[C@@H]1O[C@@H](O[C@H]2[C@H](O[C@H]3CC[C@@]4(C)[C@@H](CC[C@]5(C)[C@@H]4CC=C4[C@@H]6CC(C)(C)CC[C@]6(C(=O)O[C@@H]6O[C@H](CO[C@H]7O[C@@H](CO)[C@H](O)[C@@H](O)[C@@H]7O)[C@@H](O)[C@H](O)[C@H]6O[C@@H]6O[C@@H](C)[C@H](O)[C@@H](O)[C@H]6O)CC[C@]45C)[C@]3(C)CO)OC[C@H](O)[C@@H]2O)[C@H](O)[C@H](O)[C@H]1O. The van der Waals surface area contributed by atoms with E-state index in [0.29, 0.717) is 57.8 Å². The van der Waals surface area contributed by atoms with Crippen molar-refractivity contribution < 1.29 is 129 Å². The molecule has 0 aromatic rings. The Morgan fingerprint density at radius 2 is 1.13 bits per heavy atom. The minimum Gasteiger partial charge on any atom is -0.432 e. The molecule has 26 nitrogen and oxygen atoms in total. The average molecular weight is 1220 g/mol. The number of rotatable bonds is 13. The van der Waals surface area contributed by atoms with Gasteiger partial charge in [-0.1, -0.05) is 53.2 Å². The van der Waals surface area contributed by atoms with Crippen molar-refractivity contribution in [3.05, 3.63) is 11.6 Å². The van der Waals surface area contributed by atoms with Crippen molar-refractivity contribution >= 4 is 5.97 Å². The average Bonchev–Trinajstić information content (AvgIpc) is 0.689. The van der Waals surface area contributed by atoms with E-state index >= 15 is 4.79 Å². The van der Waals surface area contributed by atoms with Crippen LogP contribution < -0.4 is 0 Å². The summed E-state index contributed by atoms with van der Waals surface area (Å²) in [6.07, 6.45) is -30.5. The zero-order valence-electron chi connectivity index (χ0n) is 49.8. The number of aliphatic hydroxyl groups excluding tert-OH is 15. The molecule has 85 heavy (non-hydrogen) atoms. The summed E-state index contributed by atoms with van der Waals surface area (Å²) in [5, 5.41) is 162. The molecule has 0 aromatic heterocycles. The predicted octanol–water partition coefficient (Wildman–Crippen LogP) is -2.54. The molecule has 15 N–H and O–H groups in total. The zero-order chi connectivity index (χ0) is 62.0. The van der Waals surface area contributed by atoms with Crippen LogP contribution in [-0.4, -0.2) is 263 Å². The normalized spacial score (nSPS) is 55.3. The van der Waals surface area contributed by atoms with Gasteiger partial charge in [0.1, 0.15) is 97.7 Å². The molecule has 5 heterocycles. The van der Waals surface area contributed by atoms with E-state index in [1.807, 2.05) is 6.92 Å². The highest BCUT2D eigenvalue weighted by Gasteiger charge is 2.71. The van der Waals surface area contributed by atoms with Crippen molar-refractivity contribution in [1.29, 1.82) is 0 Å². The lowest BCUT2D eigenvalue weighted by Crippen LogP contribution is -2.67. The van der Waals surface area contributed by atoms with Crippen LogP contribution in [-0.2, 0) is 52.2 Å². The smallest absolute Gasteiger partial charge is 0.315 e. The van der Waals surface area contributed by atoms with Crippen molar-refractivity contribution in [2.45, 2.75) is 273 Å². The Kier molecular flexibility index (Phi) is 19.0. The minimum atomic E-state index is -1.96. The van der Waals surface area contributed by atoms with Gasteiger partial charge in [-0.3, -0.25) is 4.79 Å². The molecule has 5 aliphatic carbocycles. The number of hydrogen-bond acceptors (Lipinski definition) is 26. The first-order valence-electron chi connectivity index (χ1n) is 30.6. The molecule has 5 aliphatic heterocycles. The topological polar surface area (TPSA) is 413 Å². The summed E-state index contributed by atoms with van der Waals surface area (Å²) >= 11 is 0. The Morgan fingerprint density at radius 3 is 1.74 bits per heavy atom. The summed E-state index contributed by atoms with van der Waals surface area (Å²) in [6.45, 7) is 14.3. The lowest BCUT2D eigenvalue weighted by atomic mass is 9.33. The highest BCUT2D eigenvalue weighted by Crippen LogP contribution is 2.76. The lowest BCUT2D eigenvalue weighted by molar-refractivity contribution is -0.366. The molecule has 9 fully saturated rings. The number of ether oxygens (including phenoxy) is 10. The van der Waals surface area contributed by atoms with Crippen LogP contribution in [0.1, 0.15) is 120 Å². The van der Waals surface area contributed by atoms with Crippen molar-refractivity contribution in [2.75, 3.05) is 26.4 Å². The molecule has 0 aromatic carbocycles. The van der Waals surface area contributed by atoms with E-state index in [0.717, 1.165) is 12.0 Å². The second-order valence-electron chi connectivity index (χ2n) is 28.5. The summed E-state index contributed by atoms with van der Waals surface area (Å²) in [6, 6.07) is 0. The van der Waals surface area contributed by atoms with Gasteiger partial charge < -0.3 is 124 Å². The molecule has 33 atom stereocenters. The van der Waals surface area contributed by atoms with E-state index < -0.39 is 189 Å². The Balaban J connectivity index is 0.908. The Labute approximate surface area is 494 Å². The van der Waals surface area contributed by atoms with Gasteiger partial charge in [-0.15, -0.1) is 0 Å². The minimum absolute atomic E-state index is 0.0891. The van der Waals surface area contributed by atoms with E-state index in [-0.39, 0.29) is 47.2 Å². The summed E-state index contributed by atoms with van der Waals surface area (Å²) in [5.74, 6) is -1.01. The fourth-order valence-corrected chi connectivity index (χ4v) is 17.5. The lowest BCUT2D eigenvalue weighted by Gasteiger charge is -2.71. The molecule has 0 spiro atoms. The fourth-order valence-electron chi connectivity index (χ4n) is 17.5. The molecule has 0 radical (unpaired) electrons. The third-order valence-corrected chi connectivity index (χ3v) is 23.2. The molecule has 0 amide bonds. The predicted molar refractivity (Wildman–Crippen MR) is 288 cm³/mol. The number of carbonyl (C=O) groups excluding carboxylic acids is 1. The second kappa shape index (κ2) is 24.4. The number of fused-ring (bicyclic) bond motifs is 7. The maximum atomic E-state index is 15.7. The van der Waals surface area contributed by atoms with Crippen molar-refractivity contribution in [3.63, 3.8) is 0 Å². The largest absolute Gasteiger partial charge is 0.432 e. The summed E-state index contributed by atoms with van der Waals surface area (Å²) in [7, 11) is 0. The van der Waals surface area contributed by atoms with Gasteiger partial charge in [-0.05, 0) is 117 Å². The molecule has 10 rings (SSSR count). The second-order valence-corrected chi connectivity index (χ2v) is 28.5. The van der Waals surface area contributed by atoms with Crippen LogP contribution in [0, 0.1) is 50.2 Å². The van der Waals surface area contributed by atoms with Crippen molar-refractivity contribution in [1.82, 2.24) is 0 Å². The fraction of sp³-hybridized carbons (Fsp3) is 0.949. The van der Waals surface area contributed by atoms with Crippen LogP contribution in [0.15, 0.2) is 11.6 Å². The third kappa shape index (κ3) is 11.1. The zero-order valence-corrected chi connectivity index (χ0v) is 49.8. The van der Waals surface area contributed by atoms with Gasteiger partial charge in [0.25, 0.3) is 0 Å². The summed E-state index contributed by atoms with van der Waals surface area (Å²) in [4.78, 5) is 15.7. The molecular weight excluding hydrogens is 1120 g/mol. The molecule has 4 saturated carbocycles. The molecule has 5 saturated heterocycles. The number of esters is 1. The van der Waals surface area contributed by atoms with Crippen LogP contribution in [0.5, 0.6) is 0 Å². The number of allylic oxidation sites excluding steroid dienone is 2. The van der Waals surface area contributed by atoms with Gasteiger partial charge in [0.05, 0.1) is 50.2 Å². The van der Waals surface area contributed by atoms with Crippen molar-refractivity contribution in [3.8, 4) is 0 Å². The monoisotopic (exact) mass is 1220 g/mol. The number of carbonyl (C=O) groups is 1. The first kappa shape index (κ1) is 66.2. The van der Waals surface area contributed by atoms with E-state index in [1.54, 1.807) is 0 Å². The van der Waals surface area contributed by atoms with E-state index in [4.69, 9.17) is 47.4 Å². The van der Waals surface area contributed by atoms with Gasteiger partial charge in [0.2, 0.25) is 6.29 Å². The summed E-state index contributed by atoms with van der Waals surface area (Å²) in [5.41, 5.74) is -2.22. The van der Waals surface area contributed by atoms with Crippen molar-refractivity contribution in [2.24, 2.45) is 50.2 Å². The molecule has 488 valence electrons.